The molecule has 8 nitrogen and oxygen atoms in total. The number of piperidine rings is 1. The second-order valence-corrected chi connectivity index (χ2v) is 9.85. The van der Waals surface area contributed by atoms with Crippen LogP contribution in [0.2, 0.25) is 0 Å². The number of fused-ring (bicyclic) bond motifs is 4. The van der Waals surface area contributed by atoms with Crippen molar-refractivity contribution in [3.05, 3.63) is 58.0 Å². The van der Waals surface area contributed by atoms with Gasteiger partial charge in [-0.1, -0.05) is 6.07 Å². The normalized spacial score (nSPS) is 21.0. The third-order valence-electron chi connectivity index (χ3n) is 5.87. The van der Waals surface area contributed by atoms with E-state index in [-0.39, 0.29) is 34.8 Å². The molecule has 1 aromatic carbocycles. The lowest BCUT2D eigenvalue weighted by molar-refractivity contribution is -0.122. The van der Waals surface area contributed by atoms with E-state index in [1.54, 1.807) is 35.8 Å². The number of nitrogens with one attached hydrogen (secondary N) is 1. The topological polar surface area (TPSA) is 97.7 Å². The van der Waals surface area contributed by atoms with Gasteiger partial charge in [-0.25, -0.2) is 8.42 Å². The molecular weight excluding hydrogens is 406 g/mol. The van der Waals surface area contributed by atoms with Gasteiger partial charge in [-0.2, -0.15) is 4.31 Å². The van der Waals surface area contributed by atoms with Crippen LogP contribution < -0.4 is 15.6 Å². The molecule has 0 aliphatic carbocycles. The van der Waals surface area contributed by atoms with Crippen molar-refractivity contribution < 1.29 is 17.9 Å². The molecule has 0 spiro atoms. The Kier molecular flexibility index (Phi) is 5.42. The van der Waals surface area contributed by atoms with E-state index in [2.05, 4.69) is 5.32 Å². The Bertz CT molecular complexity index is 1140. The number of aromatic nitrogens is 1. The predicted octanol–water partition coefficient (Wildman–Crippen LogP) is 1.09. The molecule has 2 aromatic rings. The molecule has 2 aliphatic rings. The first-order valence-electron chi connectivity index (χ1n) is 9.93. The van der Waals surface area contributed by atoms with Gasteiger partial charge in [0.15, 0.2) is 6.61 Å². The Morgan fingerprint density at radius 3 is 2.73 bits per heavy atom. The summed E-state index contributed by atoms with van der Waals surface area (Å²) < 4.78 is 35.4. The molecule has 2 atom stereocenters. The number of hydrogen-bond acceptors (Lipinski definition) is 5. The smallest absolute Gasteiger partial charge is 0.257 e. The Morgan fingerprint density at radius 1 is 1.20 bits per heavy atom. The number of pyridine rings is 1. The van der Waals surface area contributed by atoms with Crippen LogP contribution in [-0.2, 0) is 21.4 Å². The van der Waals surface area contributed by atoms with Crippen molar-refractivity contribution in [2.45, 2.75) is 30.7 Å². The van der Waals surface area contributed by atoms with Crippen LogP contribution in [0.25, 0.3) is 0 Å². The van der Waals surface area contributed by atoms with Gasteiger partial charge < -0.3 is 14.6 Å². The number of sulfonamides is 1. The summed E-state index contributed by atoms with van der Waals surface area (Å²) in [6.07, 6.45) is 0.890. The summed E-state index contributed by atoms with van der Waals surface area (Å²) in [6.45, 7) is 2.93. The Hall–Kier alpha value is -2.65. The first kappa shape index (κ1) is 20.6. The van der Waals surface area contributed by atoms with Crippen LogP contribution in [0, 0.1) is 12.8 Å². The first-order valence-corrected chi connectivity index (χ1v) is 11.4. The number of rotatable bonds is 5. The van der Waals surface area contributed by atoms with E-state index in [0.717, 1.165) is 12.1 Å². The summed E-state index contributed by atoms with van der Waals surface area (Å²) in [5.74, 6) is 0.339. The lowest BCUT2D eigenvalue weighted by atomic mass is 9.84. The van der Waals surface area contributed by atoms with Crippen LogP contribution in [0.5, 0.6) is 5.75 Å². The van der Waals surface area contributed by atoms with Crippen LogP contribution in [0.15, 0.2) is 46.1 Å². The monoisotopic (exact) mass is 431 g/mol. The van der Waals surface area contributed by atoms with Crippen molar-refractivity contribution in [2.75, 3.05) is 26.7 Å². The molecule has 2 aliphatic heterocycles. The van der Waals surface area contributed by atoms with Crippen molar-refractivity contribution in [2.24, 2.45) is 5.92 Å². The zero-order valence-corrected chi connectivity index (χ0v) is 17.8. The van der Waals surface area contributed by atoms with E-state index in [0.29, 0.717) is 30.9 Å². The molecule has 160 valence electrons. The van der Waals surface area contributed by atoms with Gasteiger partial charge in [0.2, 0.25) is 10.0 Å². The maximum atomic E-state index is 13.3. The molecule has 1 amide bonds. The van der Waals surface area contributed by atoms with Crippen molar-refractivity contribution in [1.29, 1.82) is 0 Å². The molecule has 0 radical (unpaired) electrons. The summed E-state index contributed by atoms with van der Waals surface area (Å²) in [6, 6.07) is 9.89. The summed E-state index contributed by atoms with van der Waals surface area (Å²) in [7, 11) is -2.16. The highest BCUT2D eigenvalue weighted by atomic mass is 32.2. The molecule has 30 heavy (non-hydrogen) atoms. The Labute approximate surface area is 175 Å². The summed E-state index contributed by atoms with van der Waals surface area (Å²) >= 11 is 0. The van der Waals surface area contributed by atoms with Crippen LogP contribution >= 0.6 is 0 Å². The number of carbonyl (C=O) groups excluding carboxylic acids is 1. The maximum Gasteiger partial charge on any atom is 0.257 e. The third kappa shape index (κ3) is 3.75. The Morgan fingerprint density at radius 2 is 2.00 bits per heavy atom. The minimum Gasteiger partial charge on any atom is -0.484 e. The fourth-order valence-corrected chi connectivity index (χ4v) is 6.00. The standard InChI is InChI=1S/C21H25N3O5S/c1-14-8-17(6-7-19(14)29-13-20(25)22-2)30(27,28)23-10-15-9-16(12-23)18-4-3-5-21(26)24(18)11-15/h3-8,15-16H,9-13H2,1-2H3,(H,22,25). The quantitative estimate of drug-likeness (QED) is 0.764. The summed E-state index contributed by atoms with van der Waals surface area (Å²) in [5, 5.41) is 2.48. The van der Waals surface area contributed by atoms with E-state index >= 15 is 0 Å². The van der Waals surface area contributed by atoms with Crippen LogP contribution in [-0.4, -0.2) is 49.9 Å². The van der Waals surface area contributed by atoms with E-state index in [1.807, 2.05) is 6.07 Å². The highest BCUT2D eigenvalue weighted by Crippen LogP contribution is 2.37. The van der Waals surface area contributed by atoms with E-state index < -0.39 is 10.0 Å². The van der Waals surface area contributed by atoms with Gasteiger partial charge >= 0.3 is 0 Å². The number of ether oxygens (including phenoxy) is 1. The second-order valence-electron chi connectivity index (χ2n) is 7.91. The van der Waals surface area contributed by atoms with Crippen molar-refractivity contribution in [1.82, 2.24) is 14.2 Å². The van der Waals surface area contributed by atoms with E-state index in [9.17, 15) is 18.0 Å². The fraction of sp³-hybridized carbons (Fsp3) is 0.429. The van der Waals surface area contributed by atoms with E-state index in [4.69, 9.17) is 4.74 Å². The van der Waals surface area contributed by atoms with Crippen LogP contribution in [0.3, 0.4) is 0 Å². The second kappa shape index (κ2) is 7.88. The molecule has 1 fully saturated rings. The molecule has 2 bridgehead atoms. The molecule has 1 aromatic heterocycles. The predicted molar refractivity (Wildman–Crippen MR) is 111 cm³/mol. The number of nitrogens with zero attached hydrogens (tertiary/aromatic N) is 2. The fourth-order valence-electron chi connectivity index (χ4n) is 4.36. The zero-order chi connectivity index (χ0) is 21.5. The maximum absolute atomic E-state index is 13.3. The number of hydrogen-bond donors (Lipinski definition) is 1. The lowest BCUT2D eigenvalue weighted by Gasteiger charge is -2.42. The van der Waals surface area contributed by atoms with Gasteiger partial charge in [0, 0.05) is 44.4 Å². The molecule has 9 heteroatoms. The van der Waals surface area contributed by atoms with Gasteiger partial charge in [0.05, 0.1) is 4.90 Å². The molecule has 1 saturated heterocycles. The number of benzene rings is 1. The number of aryl methyl sites for hydroxylation is 1. The zero-order valence-electron chi connectivity index (χ0n) is 17.0. The van der Waals surface area contributed by atoms with Gasteiger partial charge in [-0.05, 0) is 49.1 Å². The minimum absolute atomic E-state index is 0.0115. The Balaban J connectivity index is 1.57. The van der Waals surface area contributed by atoms with Crippen LogP contribution in [0.4, 0.5) is 0 Å². The number of likely N-dealkylation sites (N-methyl/N-ethyl adjacent to an activating group) is 1. The largest absolute Gasteiger partial charge is 0.484 e. The average Bonchev–Trinajstić information content (AvgIpc) is 2.73. The van der Waals surface area contributed by atoms with Gasteiger partial charge in [0.1, 0.15) is 5.75 Å². The van der Waals surface area contributed by atoms with Crippen molar-refractivity contribution in [3.63, 3.8) is 0 Å². The highest BCUT2D eigenvalue weighted by molar-refractivity contribution is 7.89. The number of carbonyl (C=O) groups is 1. The molecule has 0 saturated carbocycles. The van der Waals surface area contributed by atoms with Gasteiger partial charge in [0.25, 0.3) is 11.5 Å². The SMILES string of the molecule is CNC(=O)COc1ccc(S(=O)(=O)N2CC3CC(C2)c2cccc(=O)n2C3)cc1C. The van der Waals surface area contributed by atoms with Crippen molar-refractivity contribution >= 4 is 15.9 Å². The highest BCUT2D eigenvalue weighted by Gasteiger charge is 2.39. The molecule has 2 unspecified atom stereocenters. The molecule has 4 rings (SSSR count). The van der Waals surface area contributed by atoms with E-state index in [1.165, 1.54) is 17.4 Å². The molecule has 3 heterocycles. The number of amides is 1. The van der Waals surface area contributed by atoms with Crippen molar-refractivity contribution in [3.8, 4) is 5.75 Å². The first-order chi connectivity index (χ1) is 14.3. The van der Waals surface area contributed by atoms with Gasteiger partial charge in [-0.15, -0.1) is 0 Å². The molecular formula is C21H25N3O5S. The average molecular weight is 432 g/mol. The van der Waals surface area contributed by atoms with Crippen LogP contribution in [0.1, 0.15) is 23.6 Å². The molecule has 1 N–H and O–H groups in total. The van der Waals surface area contributed by atoms with Gasteiger partial charge in [-0.3, -0.25) is 9.59 Å². The summed E-state index contributed by atoms with van der Waals surface area (Å²) in [4.78, 5) is 23.8. The summed E-state index contributed by atoms with van der Waals surface area (Å²) in [5.41, 5.74) is 1.53. The lowest BCUT2D eigenvalue weighted by Crippen LogP contribution is -2.49. The minimum atomic E-state index is -3.68. The third-order valence-corrected chi connectivity index (χ3v) is 7.70.